The second kappa shape index (κ2) is 5.52. The van der Waals surface area contributed by atoms with Crippen molar-refractivity contribution in [3.05, 3.63) is 34.9 Å². The lowest BCUT2D eigenvalue weighted by molar-refractivity contribution is 0.0694. The molecule has 0 aliphatic carbocycles. The normalized spacial score (nSPS) is 12.8. The number of carboxylic acids is 1. The van der Waals surface area contributed by atoms with Gasteiger partial charge in [-0.3, -0.25) is 0 Å². The molecule has 1 atom stereocenters. The maximum atomic E-state index is 11.1. The van der Waals surface area contributed by atoms with Gasteiger partial charge in [-0.25, -0.2) is 4.79 Å². The molecule has 17 heavy (non-hydrogen) atoms. The Labute approximate surface area is 108 Å². The van der Waals surface area contributed by atoms with Crippen molar-refractivity contribution in [1.29, 1.82) is 0 Å². The lowest BCUT2D eigenvalue weighted by Gasteiger charge is -2.23. The van der Waals surface area contributed by atoms with E-state index >= 15 is 0 Å². The zero-order valence-electron chi connectivity index (χ0n) is 10.7. The Kier molecular flexibility index (Phi) is 5.17. The maximum Gasteiger partial charge on any atom is 0.335 e. The Morgan fingerprint density at radius 3 is 2.24 bits per heavy atom. The third-order valence-corrected chi connectivity index (χ3v) is 2.61. The maximum absolute atomic E-state index is 11.1. The first-order valence-electron chi connectivity index (χ1n) is 5.37. The summed E-state index contributed by atoms with van der Waals surface area (Å²) in [4.78, 5) is 11.1. The number of halogens is 1. The zero-order chi connectivity index (χ0) is 12.5. The molecule has 0 heterocycles. The van der Waals surface area contributed by atoms with Crippen LogP contribution in [0.1, 0.15) is 55.2 Å². The predicted octanol–water partition coefficient (Wildman–Crippen LogP) is 3.12. The molecule has 0 unspecified atom stereocenters. The fraction of sp³-hybridized carbons (Fsp3) is 0.462. The highest BCUT2D eigenvalue weighted by molar-refractivity contribution is 5.90. The van der Waals surface area contributed by atoms with Crippen molar-refractivity contribution >= 4 is 18.4 Å². The van der Waals surface area contributed by atoms with Crippen LogP contribution in [0.25, 0.3) is 0 Å². The van der Waals surface area contributed by atoms with Gasteiger partial charge in [0.25, 0.3) is 0 Å². The molecular formula is C13H20ClNO2. The number of aromatic carboxylic acids is 1. The molecule has 0 radical (unpaired) electrons. The van der Waals surface area contributed by atoms with E-state index in [1.54, 1.807) is 12.1 Å². The summed E-state index contributed by atoms with van der Waals surface area (Å²) >= 11 is 0. The summed E-state index contributed by atoms with van der Waals surface area (Å²) in [5.41, 5.74) is 7.76. The highest BCUT2D eigenvalue weighted by atomic mass is 35.5. The smallest absolute Gasteiger partial charge is 0.335 e. The minimum atomic E-state index is -0.888. The molecule has 1 rings (SSSR count). The summed E-state index contributed by atoms with van der Waals surface area (Å²) in [6.45, 7) is 7.89. The average Bonchev–Trinajstić information content (AvgIpc) is 2.15. The lowest BCUT2D eigenvalue weighted by Crippen LogP contribution is -2.18. The first kappa shape index (κ1) is 15.9. The van der Waals surface area contributed by atoms with E-state index in [1.165, 1.54) is 0 Å². The van der Waals surface area contributed by atoms with Gasteiger partial charge in [0.2, 0.25) is 0 Å². The summed E-state index contributed by atoms with van der Waals surface area (Å²) < 4.78 is 0. The van der Waals surface area contributed by atoms with Crippen LogP contribution < -0.4 is 5.73 Å². The summed E-state index contributed by atoms with van der Waals surface area (Å²) in [6.07, 6.45) is 0. The lowest BCUT2D eigenvalue weighted by atomic mass is 9.82. The first-order chi connectivity index (χ1) is 7.23. The molecule has 0 amide bonds. The molecule has 0 saturated carbocycles. The molecule has 4 heteroatoms. The Morgan fingerprint density at radius 2 is 1.88 bits per heavy atom. The average molecular weight is 258 g/mol. The zero-order valence-corrected chi connectivity index (χ0v) is 11.5. The quantitative estimate of drug-likeness (QED) is 0.856. The third kappa shape index (κ3) is 3.72. The SMILES string of the molecule is C[C@@H](N)c1ccc(C(=O)O)c(C(C)(C)C)c1.Cl. The summed E-state index contributed by atoms with van der Waals surface area (Å²) in [7, 11) is 0. The van der Waals surface area contributed by atoms with Gasteiger partial charge < -0.3 is 10.8 Å². The van der Waals surface area contributed by atoms with Gasteiger partial charge in [0.05, 0.1) is 5.56 Å². The molecule has 96 valence electrons. The van der Waals surface area contributed by atoms with Crippen LogP contribution in [0, 0.1) is 0 Å². The van der Waals surface area contributed by atoms with Crippen LogP contribution in [0.5, 0.6) is 0 Å². The van der Waals surface area contributed by atoms with Crippen LogP contribution in [0.4, 0.5) is 0 Å². The van der Waals surface area contributed by atoms with E-state index in [2.05, 4.69) is 0 Å². The molecule has 0 bridgehead atoms. The van der Waals surface area contributed by atoms with Crippen molar-refractivity contribution in [2.45, 2.75) is 39.2 Å². The monoisotopic (exact) mass is 257 g/mol. The molecule has 0 fully saturated rings. The number of rotatable bonds is 2. The van der Waals surface area contributed by atoms with Gasteiger partial charge in [0, 0.05) is 6.04 Å². The molecule has 0 spiro atoms. The summed E-state index contributed by atoms with van der Waals surface area (Å²) in [5.74, 6) is -0.888. The Morgan fingerprint density at radius 1 is 1.35 bits per heavy atom. The number of benzene rings is 1. The van der Waals surface area contributed by atoms with Crippen molar-refractivity contribution < 1.29 is 9.90 Å². The largest absolute Gasteiger partial charge is 0.478 e. The van der Waals surface area contributed by atoms with E-state index < -0.39 is 5.97 Å². The van der Waals surface area contributed by atoms with Crippen molar-refractivity contribution in [1.82, 2.24) is 0 Å². The Bertz CT molecular complexity index is 408. The topological polar surface area (TPSA) is 63.3 Å². The summed E-state index contributed by atoms with van der Waals surface area (Å²) in [5, 5.41) is 9.13. The first-order valence-corrected chi connectivity index (χ1v) is 5.37. The van der Waals surface area contributed by atoms with E-state index in [-0.39, 0.29) is 23.9 Å². The molecule has 0 saturated heterocycles. The van der Waals surface area contributed by atoms with E-state index in [1.807, 2.05) is 33.8 Å². The minimum Gasteiger partial charge on any atom is -0.478 e. The predicted molar refractivity (Wildman–Crippen MR) is 72.0 cm³/mol. The Balaban J connectivity index is 0.00000256. The van der Waals surface area contributed by atoms with E-state index in [4.69, 9.17) is 10.8 Å². The number of carboxylic acid groups (broad SMARTS) is 1. The molecule has 1 aromatic carbocycles. The van der Waals surface area contributed by atoms with Crippen molar-refractivity contribution in [3.63, 3.8) is 0 Å². The highest BCUT2D eigenvalue weighted by Crippen LogP contribution is 2.28. The molecule has 0 aliphatic heterocycles. The molecule has 0 aliphatic rings. The van der Waals surface area contributed by atoms with Gasteiger partial charge >= 0.3 is 5.97 Å². The van der Waals surface area contributed by atoms with Gasteiger partial charge in [-0.05, 0) is 29.5 Å². The van der Waals surface area contributed by atoms with E-state index in [0.717, 1.165) is 11.1 Å². The Hall–Kier alpha value is -1.06. The fourth-order valence-electron chi connectivity index (χ4n) is 1.65. The van der Waals surface area contributed by atoms with Crippen LogP contribution in [-0.2, 0) is 5.41 Å². The van der Waals surface area contributed by atoms with Gasteiger partial charge in [-0.2, -0.15) is 0 Å². The molecule has 1 aromatic rings. The van der Waals surface area contributed by atoms with Gasteiger partial charge in [-0.1, -0.05) is 32.9 Å². The number of nitrogens with two attached hydrogens (primary N) is 1. The van der Waals surface area contributed by atoms with Crippen molar-refractivity contribution in [2.24, 2.45) is 5.73 Å². The standard InChI is InChI=1S/C13H19NO2.ClH/c1-8(14)9-5-6-10(12(15)16)11(7-9)13(2,3)4;/h5-8H,14H2,1-4H3,(H,15,16);1H/t8-;/m1./s1. The highest BCUT2D eigenvalue weighted by Gasteiger charge is 2.22. The molecule has 3 nitrogen and oxygen atoms in total. The second-order valence-corrected chi connectivity index (χ2v) is 5.15. The molecular weight excluding hydrogens is 238 g/mol. The van der Waals surface area contributed by atoms with Crippen LogP contribution in [0.2, 0.25) is 0 Å². The summed E-state index contributed by atoms with van der Waals surface area (Å²) in [6, 6.07) is 5.24. The number of carbonyl (C=O) groups is 1. The van der Waals surface area contributed by atoms with E-state index in [0.29, 0.717) is 5.56 Å². The van der Waals surface area contributed by atoms with Crippen molar-refractivity contribution in [3.8, 4) is 0 Å². The van der Waals surface area contributed by atoms with Gasteiger partial charge in [0.1, 0.15) is 0 Å². The van der Waals surface area contributed by atoms with Crippen LogP contribution >= 0.6 is 12.4 Å². The van der Waals surface area contributed by atoms with Crippen LogP contribution in [-0.4, -0.2) is 11.1 Å². The minimum absolute atomic E-state index is 0. The molecule has 0 aromatic heterocycles. The number of hydrogen-bond acceptors (Lipinski definition) is 2. The number of hydrogen-bond donors (Lipinski definition) is 2. The van der Waals surface area contributed by atoms with Gasteiger partial charge in [-0.15, -0.1) is 12.4 Å². The fourth-order valence-corrected chi connectivity index (χ4v) is 1.65. The van der Waals surface area contributed by atoms with E-state index in [9.17, 15) is 4.79 Å². The second-order valence-electron chi connectivity index (χ2n) is 5.15. The third-order valence-electron chi connectivity index (χ3n) is 2.61. The van der Waals surface area contributed by atoms with Gasteiger partial charge in [0.15, 0.2) is 0 Å². The molecule has 3 N–H and O–H groups in total. The van der Waals surface area contributed by atoms with Crippen LogP contribution in [0.3, 0.4) is 0 Å². The van der Waals surface area contributed by atoms with Crippen molar-refractivity contribution in [2.75, 3.05) is 0 Å². The van der Waals surface area contributed by atoms with Crippen LogP contribution in [0.15, 0.2) is 18.2 Å².